The smallest absolute Gasteiger partial charge is 0.495 e. The molecule has 0 unspecified atom stereocenters. The summed E-state index contributed by atoms with van der Waals surface area (Å²) >= 11 is 1.24. The van der Waals surface area contributed by atoms with Gasteiger partial charge in [0, 0.05) is 18.1 Å². The van der Waals surface area contributed by atoms with Gasteiger partial charge in [0.05, 0.1) is 24.2 Å². The summed E-state index contributed by atoms with van der Waals surface area (Å²) in [5.74, 6) is -0.252. The fourth-order valence-corrected chi connectivity index (χ4v) is 3.99. The molecule has 0 spiro atoms. The van der Waals surface area contributed by atoms with Crippen molar-refractivity contribution < 1.29 is 27.4 Å². The highest BCUT2D eigenvalue weighted by atomic mass is 32.2. The second-order valence-electron chi connectivity index (χ2n) is 7.32. The van der Waals surface area contributed by atoms with Crippen LogP contribution in [-0.4, -0.2) is 44.3 Å². The number of benzene rings is 2. The Hall–Kier alpha value is -4.13. The first-order chi connectivity index (χ1) is 17.2. The van der Waals surface area contributed by atoms with Crippen molar-refractivity contribution in [1.29, 1.82) is 0 Å². The van der Waals surface area contributed by atoms with Crippen LogP contribution in [0.4, 0.5) is 18.9 Å². The molecule has 0 saturated heterocycles. The van der Waals surface area contributed by atoms with Crippen molar-refractivity contribution in [2.24, 2.45) is 0 Å². The van der Waals surface area contributed by atoms with E-state index >= 15 is 0 Å². The summed E-state index contributed by atoms with van der Waals surface area (Å²) < 4.78 is 48.2. The van der Waals surface area contributed by atoms with Gasteiger partial charge in [0.25, 0.3) is 5.91 Å². The summed E-state index contributed by atoms with van der Waals surface area (Å²) in [6, 6.07) is 12.1. The summed E-state index contributed by atoms with van der Waals surface area (Å²) in [6.45, 7) is 1.87. The van der Waals surface area contributed by atoms with Gasteiger partial charge in [-0.05, 0) is 55.0 Å². The highest BCUT2D eigenvalue weighted by Gasteiger charge is 2.31. The maximum Gasteiger partial charge on any atom is 0.573 e. The van der Waals surface area contributed by atoms with E-state index in [0.717, 1.165) is 17.7 Å². The van der Waals surface area contributed by atoms with Gasteiger partial charge >= 0.3 is 6.36 Å². The number of anilines is 1. The van der Waals surface area contributed by atoms with Crippen LogP contribution < -0.4 is 14.8 Å². The third kappa shape index (κ3) is 6.10. The first kappa shape index (κ1) is 25.0. The van der Waals surface area contributed by atoms with Gasteiger partial charge < -0.3 is 14.8 Å². The summed E-state index contributed by atoms with van der Waals surface area (Å²) in [5.41, 5.74) is 2.16. The molecular weight excluding hydrogens is 497 g/mol. The molecule has 1 N–H and O–H groups in total. The minimum absolute atomic E-state index is 0.0256. The van der Waals surface area contributed by atoms with Crippen molar-refractivity contribution >= 4 is 23.4 Å². The van der Waals surface area contributed by atoms with Crippen LogP contribution in [0, 0.1) is 6.92 Å². The van der Waals surface area contributed by atoms with E-state index in [0.29, 0.717) is 28.0 Å². The molecule has 0 radical (unpaired) electrons. The predicted molar refractivity (Wildman–Crippen MR) is 125 cm³/mol. The summed E-state index contributed by atoms with van der Waals surface area (Å²) in [7, 11) is 1.49. The van der Waals surface area contributed by atoms with Gasteiger partial charge in [-0.1, -0.05) is 23.0 Å². The van der Waals surface area contributed by atoms with E-state index in [1.807, 2.05) is 13.0 Å². The second-order valence-corrected chi connectivity index (χ2v) is 8.26. The number of thioether (sulfide) groups is 1. The Kier molecular flexibility index (Phi) is 7.38. The number of carbonyl (C=O) groups excluding carboxylic acids is 1. The monoisotopic (exact) mass is 516 g/mol. The lowest BCUT2D eigenvalue weighted by molar-refractivity contribution is -0.274. The number of hydrogen-bond donors (Lipinski definition) is 1. The van der Waals surface area contributed by atoms with Gasteiger partial charge in [-0.2, -0.15) is 0 Å². The van der Waals surface area contributed by atoms with Gasteiger partial charge in [0.15, 0.2) is 10.9 Å². The highest BCUT2D eigenvalue weighted by Crippen LogP contribution is 2.28. The standard InChI is InChI=1S/C23H19F3N6O3S/c1-14-4-9-19(34-2)17(12-14)29-21(33)20-18(13-36-22-27-10-3-11-28-22)32(31-30-20)15-5-7-16(8-6-15)35-23(24,25)26/h3-12H,13H2,1-2H3,(H,29,33). The normalized spacial score (nSPS) is 11.2. The summed E-state index contributed by atoms with van der Waals surface area (Å²) in [4.78, 5) is 21.5. The molecule has 0 aliphatic rings. The number of halogens is 3. The van der Waals surface area contributed by atoms with E-state index < -0.39 is 12.3 Å². The van der Waals surface area contributed by atoms with Crippen LogP contribution in [0.25, 0.3) is 5.69 Å². The maximum atomic E-state index is 13.2. The number of aryl methyl sites for hydroxylation is 1. The number of amides is 1. The van der Waals surface area contributed by atoms with Crippen LogP contribution in [0.5, 0.6) is 11.5 Å². The number of hydrogen-bond acceptors (Lipinski definition) is 8. The van der Waals surface area contributed by atoms with Crippen LogP contribution in [0.1, 0.15) is 21.7 Å². The van der Waals surface area contributed by atoms with Crippen molar-refractivity contribution in [2.45, 2.75) is 24.2 Å². The number of carbonyl (C=O) groups is 1. The zero-order valence-corrected chi connectivity index (χ0v) is 19.8. The molecule has 186 valence electrons. The van der Waals surface area contributed by atoms with E-state index in [-0.39, 0.29) is 17.2 Å². The molecule has 36 heavy (non-hydrogen) atoms. The van der Waals surface area contributed by atoms with E-state index in [4.69, 9.17) is 4.74 Å². The summed E-state index contributed by atoms with van der Waals surface area (Å²) in [6.07, 6.45) is -1.64. The molecule has 2 aromatic carbocycles. The minimum Gasteiger partial charge on any atom is -0.495 e. The lowest BCUT2D eigenvalue weighted by atomic mass is 10.2. The zero-order chi connectivity index (χ0) is 25.7. The Balaban J connectivity index is 1.66. The Labute approximate surface area is 207 Å². The molecule has 9 nitrogen and oxygen atoms in total. The van der Waals surface area contributed by atoms with Gasteiger partial charge in [0.2, 0.25) is 0 Å². The third-order valence-electron chi connectivity index (χ3n) is 4.78. The topological polar surface area (TPSA) is 104 Å². The SMILES string of the molecule is COc1ccc(C)cc1NC(=O)c1nnn(-c2ccc(OC(F)(F)F)cc2)c1CSc1ncccn1. The van der Waals surface area contributed by atoms with Crippen LogP contribution in [0.3, 0.4) is 0 Å². The van der Waals surface area contributed by atoms with Crippen LogP contribution in [0.2, 0.25) is 0 Å². The Morgan fingerprint density at radius 3 is 2.50 bits per heavy atom. The van der Waals surface area contributed by atoms with Crippen LogP contribution in [-0.2, 0) is 5.75 Å². The van der Waals surface area contributed by atoms with Crippen molar-refractivity contribution in [3.05, 3.63) is 77.9 Å². The highest BCUT2D eigenvalue weighted by molar-refractivity contribution is 7.98. The lowest BCUT2D eigenvalue weighted by Crippen LogP contribution is -2.17. The molecule has 0 bridgehead atoms. The first-order valence-electron chi connectivity index (χ1n) is 10.4. The molecule has 4 rings (SSSR count). The molecule has 0 aliphatic heterocycles. The number of methoxy groups -OCH3 is 1. The Morgan fingerprint density at radius 2 is 1.83 bits per heavy atom. The summed E-state index contributed by atoms with van der Waals surface area (Å²) in [5, 5.41) is 11.4. The van der Waals surface area contributed by atoms with Crippen molar-refractivity contribution in [1.82, 2.24) is 25.0 Å². The molecule has 0 fully saturated rings. The largest absolute Gasteiger partial charge is 0.573 e. The Morgan fingerprint density at radius 1 is 1.11 bits per heavy atom. The predicted octanol–water partition coefficient (Wildman–Crippen LogP) is 4.82. The molecule has 13 heteroatoms. The average molecular weight is 517 g/mol. The fraction of sp³-hybridized carbons (Fsp3) is 0.174. The maximum absolute atomic E-state index is 13.2. The van der Waals surface area contributed by atoms with E-state index in [9.17, 15) is 18.0 Å². The molecule has 2 heterocycles. The minimum atomic E-state index is -4.81. The van der Waals surface area contributed by atoms with E-state index in [2.05, 4.69) is 30.3 Å². The van der Waals surface area contributed by atoms with Gasteiger partial charge in [0.1, 0.15) is 11.5 Å². The van der Waals surface area contributed by atoms with Crippen molar-refractivity contribution in [2.75, 3.05) is 12.4 Å². The lowest BCUT2D eigenvalue weighted by Gasteiger charge is -2.12. The molecule has 2 aromatic heterocycles. The molecule has 4 aromatic rings. The molecule has 1 amide bonds. The zero-order valence-electron chi connectivity index (χ0n) is 19.0. The van der Waals surface area contributed by atoms with Gasteiger partial charge in [-0.15, -0.1) is 18.3 Å². The molecular formula is C23H19F3N6O3S. The molecule has 0 saturated carbocycles. The number of rotatable bonds is 8. The van der Waals surface area contributed by atoms with Crippen molar-refractivity contribution in [3.8, 4) is 17.2 Å². The number of alkyl halides is 3. The third-order valence-corrected chi connectivity index (χ3v) is 5.66. The number of aromatic nitrogens is 5. The van der Waals surface area contributed by atoms with Crippen LogP contribution in [0.15, 0.2) is 66.1 Å². The van der Waals surface area contributed by atoms with E-state index in [1.54, 1.807) is 30.6 Å². The first-order valence-corrected chi connectivity index (χ1v) is 11.4. The quantitative estimate of drug-likeness (QED) is 0.263. The fourth-order valence-electron chi connectivity index (χ4n) is 3.20. The molecule has 0 atom stereocenters. The molecule has 0 aliphatic carbocycles. The number of nitrogens with one attached hydrogen (secondary N) is 1. The van der Waals surface area contributed by atoms with Gasteiger partial charge in [-0.25, -0.2) is 14.6 Å². The van der Waals surface area contributed by atoms with Crippen molar-refractivity contribution in [3.63, 3.8) is 0 Å². The van der Waals surface area contributed by atoms with Gasteiger partial charge in [-0.3, -0.25) is 4.79 Å². The Bertz CT molecular complexity index is 1350. The average Bonchev–Trinajstić information content (AvgIpc) is 3.27. The van der Waals surface area contributed by atoms with Crippen LogP contribution >= 0.6 is 11.8 Å². The second kappa shape index (κ2) is 10.6. The number of nitrogens with zero attached hydrogens (tertiary/aromatic N) is 5. The van der Waals surface area contributed by atoms with E-state index in [1.165, 1.54) is 35.7 Å². The number of ether oxygens (including phenoxy) is 2.